The number of aldehydes is 1. The van der Waals surface area contributed by atoms with Gasteiger partial charge in [-0.1, -0.05) is 81.5 Å². The maximum absolute atomic E-state index is 13.2. The van der Waals surface area contributed by atoms with Crippen molar-refractivity contribution in [2.75, 3.05) is 19.6 Å². The summed E-state index contributed by atoms with van der Waals surface area (Å²) < 4.78 is 0. The first kappa shape index (κ1) is 26.4. The first-order valence-corrected chi connectivity index (χ1v) is 13.7. The van der Waals surface area contributed by atoms with Gasteiger partial charge < -0.3 is 15.5 Å². The molecule has 5 heteroatoms. The van der Waals surface area contributed by atoms with Gasteiger partial charge in [0.15, 0.2) is 0 Å². The van der Waals surface area contributed by atoms with Gasteiger partial charge >= 0.3 is 0 Å². The zero-order valence-corrected chi connectivity index (χ0v) is 22.2. The van der Waals surface area contributed by atoms with Crippen LogP contribution in [0.1, 0.15) is 52.0 Å². The maximum Gasteiger partial charge on any atom is 0.287 e. The van der Waals surface area contributed by atoms with E-state index in [0.29, 0.717) is 30.6 Å². The second-order valence-electron chi connectivity index (χ2n) is 11.8. The van der Waals surface area contributed by atoms with Crippen LogP contribution in [0.15, 0.2) is 66.4 Å². The van der Waals surface area contributed by atoms with E-state index in [4.69, 9.17) is 0 Å². The van der Waals surface area contributed by atoms with Crippen molar-refractivity contribution in [1.82, 2.24) is 15.5 Å². The third-order valence-corrected chi connectivity index (χ3v) is 8.03. The maximum atomic E-state index is 13.2. The van der Waals surface area contributed by atoms with E-state index < -0.39 is 5.91 Å². The average molecular weight is 490 g/mol. The van der Waals surface area contributed by atoms with Gasteiger partial charge in [-0.15, -0.1) is 0 Å². The van der Waals surface area contributed by atoms with Crippen LogP contribution >= 0.6 is 0 Å². The Morgan fingerprint density at radius 2 is 1.97 bits per heavy atom. The molecular formula is C31H43N3O2. The Hall–Kier alpha value is -2.66. The molecule has 2 aliphatic heterocycles. The molecule has 2 unspecified atom stereocenters. The third kappa shape index (κ3) is 6.56. The van der Waals surface area contributed by atoms with Crippen molar-refractivity contribution < 1.29 is 9.59 Å². The Balaban J connectivity index is 1.71. The lowest BCUT2D eigenvalue weighted by molar-refractivity contribution is -0.144. The van der Waals surface area contributed by atoms with Gasteiger partial charge in [-0.2, -0.15) is 0 Å². The molecule has 0 saturated carbocycles. The van der Waals surface area contributed by atoms with E-state index in [1.165, 1.54) is 11.3 Å². The van der Waals surface area contributed by atoms with E-state index >= 15 is 0 Å². The molecule has 4 rings (SSSR count). The lowest BCUT2D eigenvalue weighted by atomic mass is 9.73. The van der Waals surface area contributed by atoms with Crippen LogP contribution in [0.3, 0.4) is 0 Å². The Morgan fingerprint density at radius 1 is 1.17 bits per heavy atom. The molecule has 1 amide bonds. The van der Waals surface area contributed by atoms with Gasteiger partial charge in [-0.3, -0.25) is 9.59 Å². The smallest absolute Gasteiger partial charge is 0.287 e. The molecule has 0 radical (unpaired) electrons. The van der Waals surface area contributed by atoms with Gasteiger partial charge in [0.2, 0.25) is 6.29 Å². The van der Waals surface area contributed by atoms with E-state index in [1.807, 2.05) is 4.90 Å². The van der Waals surface area contributed by atoms with Gasteiger partial charge in [0.1, 0.15) is 0 Å². The molecule has 1 fully saturated rings. The molecular weight excluding hydrogens is 446 g/mol. The topological polar surface area (TPSA) is 61.4 Å². The highest BCUT2D eigenvalue weighted by Gasteiger charge is 2.44. The summed E-state index contributed by atoms with van der Waals surface area (Å²) in [5.41, 5.74) is 2.36. The minimum atomic E-state index is -0.391. The van der Waals surface area contributed by atoms with Crippen LogP contribution in [0.4, 0.5) is 0 Å². The molecule has 5 nitrogen and oxygen atoms in total. The van der Waals surface area contributed by atoms with Crippen molar-refractivity contribution in [3.63, 3.8) is 0 Å². The number of allylic oxidation sites excluding steroid dienone is 5. The van der Waals surface area contributed by atoms with Crippen LogP contribution in [-0.2, 0) is 16.0 Å². The molecule has 36 heavy (non-hydrogen) atoms. The average Bonchev–Trinajstić information content (AvgIpc) is 3.31. The van der Waals surface area contributed by atoms with Crippen molar-refractivity contribution in [3.8, 4) is 0 Å². The second-order valence-corrected chi connectivity index (χ2v) is 11.8. The number of benzene rings is 1. The fourth-order valence-corrected chi connectivity index (χ4v) is 6.31. The summed E-state index contributed by atoms with van der Waals surface area (Å²) >= 11 is 0. The number of nitrogens with one attached hydrogen (secondary N) is 2. The van der Waals surface area contributed by atoms with Gasteiger partial charge in [-0.25, -0.2) is 0 Å². The molecule has 0 bridgehead atoms. The van der Waals surface area contributed by atoms with E-state index in [0.717, 1.165) is 45.2 Å². The summed E-state index contributed by atoms with van der Waals surface area (Å²) in [5, 5.41) is 7.43. The molecule has 0 spiro atoms. The monoisotopic (exact) mass is 489 g/mol. The van der Waals surface area contributed by atoms with Crippen molar-refractivity contribution in [3.05, 3.63) is 72.0 Å². The first-order chi connectivity index (χ1) is 17.4. The second kappa shape index (κ2) is 12.1. The summed E-state index contributed by atoms with van der Waals surface area (Å²) in [5.74, 6) is 0.635. The highest BCUT2D eigenvalue weighted by atomic mass is 16.2. The van der Waals surface area contributed by atoms with Crippen molar-refractivity contribution in [2.24, 2.45) is 23.2 Å². The Bertz CT molecular complexity index is 969. The molecule has 2 N–H and O–H groups in total. The highest BCUT2D eigenvalue weighted by Crippen LogP contribution is 2.37. The van der Waals surface area contributed by atoms with E-state index in [9.17, 15) is 9.59 Å². The summed E-state index contributed by atoms with van der Waals surface area (Å²) in [6, 6.07) is 10.6. The SMILES string of the molecule is CC(C)(C)[C@H](C1NC(C2C=CC=CC2)=CCC[C@H]1Cc1ccccc1)N(C[C@H]1CCNC1)C(=O)C=O. The van der Waals surface area contributed by atoms with Crippen LogP contribution in [0.5, 0.6) is 0 Å². The molecule has 5 atom stereocenters. The van der Waals surface area contributed by atoms with Crippen LogP contribution in [0, 0.1) is 23.2 Å². The van der Waals surface area contributed by atoms with Gasteiger partial charge in [0, 0.05) is 24.2 Å². The summed E-state index contributed by atoms with van der Waals surface area (Å²) in [6.07, 6.45) is 16.7. The molecule has 0 aromatic heterocycles. The summed E-state index contributed by atoms with van der Waals surface area (Å²) in [6.45, 7) is 9.14. The third-order valence-electron chi connectivity index (χ3n) is 8.03. The van der Waals surface area contributed by atoms with Crippen LogP contribution in [0.2, 0.25) is 0 Å². The van der Waals surface area contributed by atoms with Gasteiger partial charge in [0.25, 0.3) is 5.91 Å². The van der Waals surface area contributed by atoms with Crippen molar-refractivity contribution in [2.45, 2.75) is 65.0 Å². The fraction of sp³-hybridized carbons (Fsp3) is 0.548. The zero-order valence-electron chi connectivity index (χ0n) is 22.2. The highest BCUT2D eigenvalue weighted by molar-refractivity contribution is 6.23. The van der Waals surface area contributed by atoms with E-state index in [2.05, 4.69) is 92.1 Å². The number of hydrogen-bond donors (Lipinski definition) is 2. The zero-order chi connectivity index (χ0) is 25.5. The Labute approximate surface area is 217 Å². The lowest BCUT2D eigenvalue weighted by Gasteiger charge is -2.48. The molecule has 2 heterocycles. The number of carbonyl (C=O) groups is 2. The Kier molecular flexibility index (Phi) is 8.84. The summed E-state index contributed by atoms with van der Waals surface area (Å²) in [7, 11) is 0. The minimum Gasteiger partial charge on any atom is -0.383 e. The van der Waals surface area contributed by atoms with Gasteiger partial charge in [0.05, 0.1) is 6.04 Å². The summed E-state index contributed by atoms with van der Waals surface area (Å²) in [4.78, 5) is 27.1. The first-order valence-electron chi connectivity index (χ1n) is 13.7. The normalized spacial score (nSPS) is 27.0. The van der Waals surface area contributed by atoms with Crippen LogP contribution in [0.25, 0.3) is 0 Å². The number of carbonyl (C=O) groups excluding carboxylic acids is 2. The van der Waals surface area contributed by atoms with Crippen molar-refractivity contribution in [1.29, 1.82) is 0 Å². The number of amides is 1. The Morgan fingerprint density at radius 3 is 2.61 bits per heavy atom. The number of rotatable bonds is 8. The number of hydrogen-bond acceptors (Lipinski definition) is 4. The predicted molar refractivity (Wildman–Crippen MR) is 146 cm³/mol. The fourth-order valence-electron chi connectivity index (χ4n) is 6.31. The molecule has 194 valence electrons. The lowest BCUT2D eigenvalue weighted by Crippen LogP contribution is -2.61. The molecule has 1 aromatic rings. The van der Waals surface area contributed by atoms with Crippen molar-refractivity contribution >= 4 is 12.2 Å². The van der Waals surface area contributed by atoms with Crippen LogP contribution in [-0.4, -0.2) is 48.8 Å². The molecule has 1 saturated heterocycles. The van der Waals surface area contributed by atoms with E-state index in [-0.39, 0.29) is 17.5 Å². The van der Waals surface area contributed by atoms with E-state index in [1.54, 1.807) is 0 Å². The van der Waals surface area contributed by atoms with Gasteiger partial charge in [-0.05, 0) is 68.0 Å². The quantitative estimate of drug-likeness (QED) is 0.412. The van der Waals surface area contributed by atoms with Crippen LogP contribution < -0.4 is 10.6 Å². The largest absolute Gasteiger partial charge is 0.383 e. The molecule has 3 aliphatic rings. The standard InChI is InChI=1S/C31H43N3O2/c1-31(2,3)30(34(28(36)22-35)21-24-17-18-32-20-24)29-26(19-23-11-6-4-7-12-23)15-10-16-27(33-29)25-13-8-5-9-14-25/h4-9,11-13,16,22,24-26,29-30,32-33H,10,14-15,17-21H2,1-3H3/t24-,25?,26-,29?,30-/m0/s1. The predicted octanol–water partition coefficient (Wildman–Crippen LogP) is 4.67. The molecule has 1 aliphatic carbocycles. The molecule has 1 aromatic carbocycles. The number of nitrogens with zero attached hydrogens (tertiary/aromatic N) is 1. The minimum absolute atomic E-state index is 0.0384.